The minimum Gasteiger partial charge on any atom is -0.0884 e. The lowest BCUT2D eigenvalue weighted by Crippen LogP contribution is -1.71. The van der Waals surface area contributed by atoms with Gasteiger partial charge in [0, 0.05) is 0 Å². The average Bonchev–Trinajstić information content (AvgIpc) is 1.83. The van der Waals surface area contributed by atoms with E-state index in [-0.39, 0.29) is 0 Å². The fourth-order valence-corrected chi connectivity index (χ4v) is 0.483. The zero-order chi connectivity index (χ0) is 7.28. The first-order valence-electron chi connectivity index (χ1n) is 3.42. The first kappa shape index (κ1) is 8.48. The summed E-state index contributed by atoms with van der Waals surface area (Å²) in [5.41, 5.74) is 2.84. The van der Waals surface area contributed by atoms with E-state index in [9.17, 15) is 0 Å². The van der Waals surface area contributed by atoms with Gasteiger partial charge in [0.25, 0.3) is 0 Å². The largest absolute Gasteiger partial charge is 0.0884 e. The highest BCUT2D eigenvalue weighted by Crippen LogP contribution is 2.02. The van der Waals surface area contributed by atoms with Crippen LogP contribution in [0.2, 0.25) is 0 Å². The van der Waals surface area contributed by atoms with Gasteiger partial charge in [0.1, 0.15) is 0 Å². The van der Waals surface area contributed by atoms with E-state index in [1.807, 2.05) is 0 Å². The van der Waals surface area contributed by atoms with Gasteiger partial charge in [-0.25, -0.2) is 0 Å². The first-order valence-corrected chi connectivity index (χ1v) is 3.42. The first-order chi connectivity index (χ1) is 4.16. The van der Waals surface area contributed by atoms with E-state index in [4.69, 9.17) is 0 Å². The summed E-state index contributed by atoms with van der Waals surface area (Å²) in [6.45, 7) is 8.49. The van der Waals surface area contributed by atoms with Crippen molar-refractivity contribution in [2.24, 2.45) is 0 Å². The van der Waals surface area contributed by atoms with Gasteiger partial charge >= 0.3 is 0 Å². The summed E-state index contributed by atoms with van der Waals surface area (Å²) in [6.07, 6.45) is 5.51. The Labute approximate surface area is 58.3 Å². The van der Waals surface area contributed by atoms with Crippen LogP contribution in [0.15, 0.2) is 23.3 Å². The fourth-order valence-electron chi connectivity index (χ4n) is 0.483. The van der Waals surface area contributed by atoms with E-state index in [1.54, 1.807) is 0 Å². The minimum absolute atomic E-state index is 1.11. The molecule has 9 heavy (non-hydrogen) atoms. The van der Waals surface area contributed by atoms with Crippen LogP contribution < -0.4 is 0 Å². The molecular formula is C9H16. The highest BCUT2D eigenvalue weighted by atomic mass is 13.9. The number of rotatable bonds is 2. The molecule has 0 aliphatic heterocycles. The topological polar surface area (TPSA) is 0 Å². The van der Waals surface area contributed by atoms with Gasteiger partial charge < -0.3 is 0 Å². The molecule has 52 valence electrons. The fraction of sp³-hybridized carbons (Fsp3) is 0.556. The molecule has 0 fully saturated rings. The van der Waals surface area contributed by atoms with Crippen molar-refractivity contribution in [3.05, 3.63) is 23.3 Å². The van der Waals surface area contributed by atoms with Crippen LogP contribution >= 0.6 is 0 Å². The Kier molecular flexibility index (Phi) is 4.12. The van der Waals surface area contributed by atoms with Gasteiger partial charge in [-0.1, -0.05) is 23.3 Å². The summed E-state index contributed by atoms with van der Waals surface area (Å²) < 4.78 is 0. The van der Waals surface area contributed by atoms with Crippen molar-refractivity contribution < 1.29 is 0 Å². The molecule has 0 aromatic heterocycles. The van der Waals surface area contributed by atoms with Gasteiger partial charge in [0.2, 0.25) is 0 Å². The SMILES string of the molecule is C/C=C(\C)CC=C(C)C. The normalized spacial score (nSPS) is 11.3. The molecule has 0 saturated heterocycles. The van der Waals surface area contributed by atoms with Crippen molar-refractivity contribution >= 4 is 0 Å². The third kappa shape index (κ3) is 5.35. The van der Waals surface area contributed by atoms with Crippen molar-refractivity contribution in [2.45, 2.75) is 34.1 Å². The Bertz CT molecular complexity index is 123. The Morgan fingerprint density at radius 1 is 1.22 bits per heavy atom. The van der Waals surface area contributed by atoms with Gasteiger partial charge in [-0.05, 0) is 34.1 Å². The Morgan fingerprint density at radius 3 is 2.11 bits per heavy atom. The standard InChI is InChI=1S/C9H16/c1-5-9(4)7-6-8(2)3/h5-6H,7H2,1-4H3/b9-5+. The van der Waals surface area contributed by atoms with Crippen LogP contribution in [0.25, 0.3) is 0 Å². The molecule has 0 aromatic rings. The van der Waals surface area contributed by atoms with Gasteiger partial charge in [-0.3, -0.25) is 0 Å². The van der Waals surface area contributed by atoms with Gasteiger partial charge in [-0.15, -0.1) is 0 Å². The van der Waals surface area contributed by atoms with Crippen LogP contribution in [0.5, 0.6) is 0 Å². The molecule has 0 heteroatoms. The van der Waals surface area contributed by atoms with Gasteiger partial charge in [0.05, 0.1) is 0 Å². The van der Waals surface area contributed by atoms with E-state index < -0.39 is 0 Å². The predicted molar refractivity (Wildman–Crippen MR) is 43.5 cm³/mol. The molecule has 0 saturated carbocycles. The summed E-state index contributed by atoms with van der Waals surface area (Å²) >= 11 is 0. The Morgan fingerprint density at radius 2 is 1.78 bits per heavy atom. The van der Waals surface area contributed by atoms with E-state index >= 15 is 0 Å². The van der Waals surface area contributed by atoms with Crippen LogP contribution in [-0.2, 0) is 0 Å². The molecule has 0 amide bonds. The van der Waals surface area contributed by atoms with Crippen molar-refractivity contribution in [3.8, 4) is 0 Å². The lowest BCUT2D eigenvalue weighted by Gasteiger charge is -1.92. The van der Waals surface area contributed by atoms with Crippen molar-refractivity contribution in [3.63, 3.8) is 0 Å². The van der Waals surface area contributed by atoms with Crippen molar-refractivity contribution in [1.29, 1.82) is 0 Å². The molecule has 0 bridgehead atoms. The van der Waals surface area contributed by atoms with E-state index in [2.05, 4.69) is 39.8 Å². The van der Waals surface area contributed by atoms with E-state index in [0.29, 0.717) is 0 Å². The average molecular weight is 124 g/mol. The molecule has 0 rings (SSSR count). The van der Waals surface area contributed by atoms with Gasteiger partial charge in [-0.2, -0.15) is 0 Å². The Balaban J connectivity index is 3.64. The second kappa shape index (κ2) is 4.37. The summed E-state index contributed by atoms with van der Waals surface area (Å²) in [5, 5.41) is 0. The second-order valence-electron chi connectivity index (χ2n) is 2.62. The minimum atomic E-state index is 1.11. The molecule has 0 unspecified atom stereocenters. The molecule has 0 atom stereocenters. The quantitative estimate of drug-likeness (QED) is 0.495. The van der Waals surface area contributed by atoms with E-state index in [1.165, 1.54) is 11.1 Å². The molecule has 0 heterocycles. The molecule has 0 aliphatic carbocycles. The second-order valence-corrected chi connectivity index (χ2v) is 2.62. The lowest BCUT2D eigenvalue weighted by molar-refractivity contribution is 1.16. The maximum atomic E-state index is 2.25. The highest BCUT2D eigenvalue weighted by molar-refractivity contribution is 5.06. The summed E-state index contributed by atoms with van der Waals surface area (Å²) in [7, 11) is 0. The van der Waals surface area contributed by atoms with Gasteiger partial charge in [0.15, 0.2) is 0 Å². The number of hydrogen-bond donors (Lipinski definition) is 0. The molecule has 0 spiro atoms. The molecular weight excluding hydrogens is 108 g/mol. The monoisotopic (exact) mass is 124 g/mol. The van der Waals surface area contributed by atoms with Crippen LogP contribution in [0.1, 0.15) is 34.1 Å². The zero-order valence-corrected chi connectivity index (χ0v) is 6.86. The summed E-state index contributed by atoms with van der Waals surface area (Å²) in [5.74, 6) is 0. The maximum Gasteiger partial charge on any atom is -0.0139 e. The summed E-state index contributed by atoms with van der Waals surface area (Å²) in [4.78, 5) is 0. The Hall–Kier alpha value is -0.520. The van der Waals surface area contributed by atoms with Crippen LogP contribution in [0.4, 0.5) is 0 Å². The van der Waals surface area contributed by atoms with E-state index in [0.717, 1.165) is 6.42 Å². The molecule has 0 aromatic carbocycles. The molecule has 0 radical (unpaired) electrons. The maximum absolute atomic E-state index is 2.25. The molecule has 0 nitrogen and oxygen atoms in total. The molecule has 0 aliphatic rings. The zero-order valence-electron chi connectivity index (χ0n) is 6.86. The highest BCUT2D eigenvalue weighted by Gasteiger charge is 1.81. The number of allylic oxidation sites excluding steroid dienone is 4. The van der Waals surface area contributed by atoms with Crippen LogP contribution in [-0.4, -0.2) is 0 Å². The van der Waals surface area contributed by atoms with Crippen LogP contribution in [0.3, 0.4) is 0 Å². The van der Waals surface area contributed by atoms with Crippen molar-refractivity contribution in [2.75, 3.05) is 0 Å². The molecule has 0 N–H and O–H groups in total. The van der Waals surface area contributed by atoms with Crippen molar-refractivity contribution in [1.82, 2.24) is 0 Å². The summed E-state index contributed by atoms with van der Waals surface area (Å²) in [6, 6.07) is 0. The smallest absolute Gasteiger partial charge is 0.0139 e. The number of hydrogen-bond acceptors (Lipinski definition) is 0. The van der Waals surface area contributed by atoms with Crippen LogP contribution in [0, 0.1) is 0 Å². The third-order valence-electron chi connectivity index (χ3n) is 1.33. The predicted octanol–water partition coefficient (Wildman–Crippen LogP) is 3.31. The third-order valence-corrected chi connectivity index (χ3v) is 1.33. The lowest BCUT2D eigenvalue weighted by atomic mass is 10.1.